The number of aliphatic imine (C=N–C) groups is 1. The molecule has 1 aromatic rings. The average Bonchev–Trinajstić information content (AvgIpc) is 3.09. The zero-order valence-electron chi connectivity index (χ0n) is 14.7. The number of rotatable bonds is 8. The van der Waals surface area contributed by atoms with Crippen molar-refractivity contribution in [1.29, 1.82) is 0 Å². The highest BCUT2D eigenvalue weighted by Crippen LogP contribution is 2.17. The van der Waals surface area contributed by atoms with Crippen molar-refractivity contribution in [2.45, 2.75) is 51.5 Å². The highest BCUT2D eigenvalue weighted by atomic mass is 16.1. The minimum atomic E-state index is 0.116. The van der Waals surface area contributed by atoms with Crippen molar-refractivity contribution in [3.05, 3.63) is 35.9 Å². The molecule has 0 aliphatic heterocycles. The van der Waals surface area contributed by atoms with Crippen molar-refractivity contribution in [2.24, 2.45) is 4.99 Å². The molecule has 1 saturated carbocycles. The van der Waals surface area contributed by atoms with Gasteiger partial charge in [0.05, 0.1) is 6.54 Å². The predicted octanol–water partition coefficient (Wildman–Crippen LogP) is 2.23. The van der Waals surface area contributed by atoms with Crippen molar-refractivity contribution in [1.82, 2.24) is 16.0 Å². The van der Waals surface area contributed by atoms with Gasteiger partial charge in [-0.1, -0.05) is 43.2 Å². The molecule has 132 valence electrons. The number of nitrogens with one attached hydrogen (secondary N) is 3. The Morgan fingerprint density at radius 2 is 1.92 bits per heavy atom. The maximum atomic E-state index is 11.9. The number of guanidine groups is 1. The monoisotopic (exact) mass is 330 g/mol. The largest absolute Gasteiger partial charge is 0.357 e. The Morgan fingerprint density at radius 3 is 2.62 bits per heavy atom. The molecule has 1 amide bonds. The molecule has 0 heterocycles. The zero-order chi connectivity index (χ0) is 17.0. The second-order valence-electron chi connectivity index (χ2n) is 6.22. The number of nitrogens with zero attached hydrogens (tertiary/aromatic N) is 1. The molecule has 1 aromatic carbocycles. The number of hydrogen-bond acceptors (Lipinski definition) is 2. The second kappa shape index (κ2) is 10.7. The van der Waals surface area contributed by atoms with Crippen molar-refractivity contribution in [3.63, 3.8) is 0 Å². The van der Waals surface area contributed by atoms with Crippen LogP contribution >= 0.6 is 0 Å². The molecular weight excluding hydrogens is 300 g/mol. The van der Waals surface area contributed by atoms with E-state index in [0.717, 1.165) is 38.3 Å². The van der Waals surface area contributed by atoms with Crippen LogP contribution in [0, 0.1) is 0 Å². The summed E-state index contributed by atoms with van der Waals surface area (Å²) in [7, 11) is 0. The highest BCUT2D eigenvalue weighted by molar-refractivity contribution is 5.80. The molecule has 0 radical (unpaired) electrons. The van der Waals surface area contributed by atoms with Gasteiger partial charge in [-0.05, 0) is 31.7 Å². The summed E-state index contributed by atoms with van der Waals surface area (Å²) in [6.07, 6.45) is 6.12. The lowest BCUT2D eigenvalue weighted by atomic mass is 10.1. The van der Waals surface area contributed by atoms with Crippen LogP contribution in [0.1, 0.15) is 44.6 Å². The molecule has 2 rings (SSSR count). The van der Waals surface area contributed by atoms with E-state index in [1.54, 1.807) is 0 Å². The van der Waals surface area contributed by atoms with E-state index in [-0.39, 0.29) is 5.91 Å². The fraction of sp³-hybridized carbons (Fsp3) is 0.579. The summed E-state index contributed by atoms with van der Waals surface area (Å²) in [6.45, 7) is 4.19. The highest BCUT2D eigenvalue weighted by Gasteiger charge is 2.16. The molecule has 0 bridgehead atoms. The summed E-state index contributed by atoms with van der Waals surface area (Å²) in [6, 6.07) is 10.8. The lowest BCUT2D eigenvalue weighted by Crippen LogP contribution is -2.38. The lowest BCUT2D eigenvalue weighted by molar-refractivity contribution is -0.121. The van der Waals surface area contributed by atoms with Crippen molar-refractivity contribution < 1.29 is 4.79 Å². The van der Waals surface area contributed by atoms with E-state index >= 15 is 0 Å². The van der Waals surface area contributed by atoms with Crippen LogP contribution in [0.3, 0.4) is 0 Å². The maximum absolute atomic E-state index is 11.9. The minimum absolute atomic E-state index is 0.116. The third kappa shape index (κ3) is 7.02. The van der Waals surface area contributed by atoms with E-state index in [1.165, 1.54) is 18.4 Å². The van der Waals surface area contributed by atoms with Crippen molar-refractivity contribution in [2.75, 3.05) is 19.6 Å². The molecule has 0 aromatic heterocycles. The smallest absolute Gasteiger partial charge is 0.222 e. The van der Waals surface area contributed by atoms with Gasteiger partial charge < -0.3 is 16.0 Å². The molecule has 1 aliphatic rings. The van der Waals surface area contributed by atoms with E-state index in [0.29, 0.717) is 19.0 Å². The van der Waals surface area contributed by atoms with E-state index < -0.39 is 0 Å². The van der Waals surface area contributed by atoms with Crippen LogP contribution in [-0.4, -0.2) is 37.5 Å². The molecule has 1 fully saturated rings. The molecule has 0 saturated heterocycles. The topological polar surface area (TPSA) is 65.5 Å². The van der Waals surface area contributed by atoms with E-state index in [4.69, 9.17) is 0 Å². The van der Waals surface area contributed by atoms with Gasteiger partial charge in [0.2, 0.25) is 5.91 Å². The molecule has 5 nitrogen and oxygen atoms in total. The van der Waals surface area contributed by atoms with Crippen LogP contribution in [0.4, 0.5) is 0 Å². The molecule has 3 N–H and O–H groups in total. The SMILES string of the molecule is CCNC(=NCCC(=O)NC1CCCC1)NCCc1ccccc1. The third-order valence-electron chi connectivity index (χ3n) is 4.22. The standard InChI is InChI=1S/C19H30N4O/c1-2-20-19(21-14-12-16-8-4-3-5-9-16)22-15-13-18(24)23-17-10-6-7-11-17/h3-5,8-9,17H,2,6-7,10-15H2,1H3,(H,23,24)(H2,20,21,22). The van der Waals surface area contributed by atoms with Gasteiger partial charge in [0.1, 0.15) is 0 Å². The summed E-state index contributed by atoms with van der Waals surface area (Å²) < 4.78 is 0. The Labute approximate surface area is 145 Å². The fourth-order valence-corrected chi connectivity index (χ4v) is 2.95. The van der Waals surface area contributed by atoms with Crippen LogP contribution in [-0.2, 0) is 11.2 Å². The normalized spacial score (nSPS) is 15.3. The summed E-state index contributed by atoms with van der Waals surface area (Å²) in [4.78, 5) is 16.4. The first-order valence-corrected chi connectivity index (χ1v) is 9.13. The van der Waals surface area contributed by atoms with Crippen molar-refractivity contribution in [3.8, 4) is 0 Å². The third-order valence-corrected chi connectivity index (χ3v) is 4.22. The Kier molecular flexibility index (Phi) is 8.15. The van der Waals surface area contributed by atoms with Gasteiger partial charge in [0.15, 0.2) is 5.96 Å². The summed E-state index contributed by atoms with van der Waals surface area (Å²) in [5.41, 5.74) is 1.30. The Balaban J connectivity index is 1.68. The fourth-order valence-electron chi connectivity index (χ4n) is 2.95. The summed E-state index contributed by atoms with van der Waals surface area (Å²) in [5.74, 6) is 0.896. The predicted molar refractivity (Wildman–Crippen MR) is 99.1 cm³/mol. The van der Waals surface area contributed by atoms with Crippen LogP contribution in [0.15, 0.2) is 35.3 Å². The number of carbonyl (C=O) groups excluding carboxylic acids is 1. The Morgan fingerprint density at radius 1 is 1.17 bits per heavy atom. The van der Waals surface area contributed by atoms with Gasteiger partial charge >= 0.3 is 0 Å². The lowest BCUT2D eigenvalue weighted by Gasteiger charge is -2.12. The Bertz CT molecular complexity index is 509. The van der Waals surface area contributed by atoms with Crippen LogP contribution < -0.4 is 16.0 Å². The Hall–Kier alpha value is -2.04. The molecule has 0 spiro atoms. The first-order valence-electron chi connectivity index (χ1n) is 9.13. The van der Waals surface area contributed by atoms with Gasteiger partial charge in [-0.2, -0.15) is 0 Å². The van der Waals surface area contributed by atoms with E-state index in [2.05, 4.69) is 45.2 Å². The van der Waals surface area contributed by atoms with Gasteiger partial charge in [-0.3, -0.25) is 9.79 Å². The van der Waals surface area contributed by atoms with E-state index in [9.17, 15) is 4.79 Å². The molecule has 0 unspecified atom stereocenters. The van der Waals surface area contributed by atoms with Crippen molar-refractivity contribution >= 4 is 11.9 Å². The average molecular weight is 330 g/mol. The van der Waals surface area contributed by atoms with Crippen LogP contribution in [0.2, 0.25) is 0 Å². The number of carbonyl (C=O) groups is 1. The van der Waals surface area contributed by atoms with Gasteiger partial charge in [0.25, 0.3) is 0 Å². The molecule has 0 atom stereocenters. The molecule has 1 aliphatic carbocycles. The number of hydrogen-bond donors (Lipinski definition) is 3. The number of benzene rings is 1. The first-order chi connectivity index (χ1) is 11.8. The van der Waals surface area contributed by atoms with Crippen LogP contribution in [0.25, 0.3) is 0 Å². The molecular formula is C19H30N4O. The second-order valence-corrected chi connectivity index (χ2v) is 6.22. The van der Waals surface area contributed by atoms with Gasteiger partial charge in [-0.25, -0.2) is 0 Å². The van der Waals surface area contributed by atoms with Gasteiger partial charge in [0, 0.05) is 25.6 Å². The quantitative estimate of drug-likeness (QED) is 0.506. The summed E-state index contributed by atoms with van der Waals surface area (Å²) in [5, 5.41) is 9.65. The number of amides is 1. The first kappa shape index (κ1) is 18.3. The maximum Gasteiger partial charge on any atom is 0.222 e. The minimum Gasteiger partial charge on any atom is -0.357 e. The zero-order valence-corrected chi connectivity index (χ0v) is 14.7. The van der Waals surface area contributed by atoms with E-state index in [1.807, 2.05) is 13.0 Å². The van der Waals surface area contributed by atoms with Gasteiger partial charge in [-0.15, -0.1) is 0 Å². The van der Waals surface area contributed by atoms with Crippen LogP contribution in [0.5, 0.6) is 0 Å². The molecule has 5 heteroatoms. The summed E-state index contributed by atoms with van der Waals surface area (Å²) >= 11 is 0. The molecule has 24 heavy (non-hydrogen) atoms.